The molecule has 0 spiro atoms. The highest BCUT2D eigenvalue weighted by molar-refractivity contribution is 9.10. The molecular weight excluding hydrogens is 350 g/mol. The quantitative estimate of drug-likeness (QED) is 0.874. The molecule has 0 radical (unpaired) electrons. The fourth-order valence-electron chi connectivity index (χ4n) is 1.76. The Morgan fingerprint density at radius 1 is 1.32 bits per heavy atom. The van der Waals surface area contributed by atoms with Crippen LogP contribution in [0.2, 0.25) is 0 Å². The number of benzene rings is 1. The molecule has 108 valence electrons. The van der Waals surface area contributed by atoms with Crippen LogP contribution in [0.15, 0.2) is 22.7 Å². The Morgan fingerprint density at radius 3 is 2.63 bits per heavy atom. The third kappa shape index (κ3) is 5.18. The topological polar surface area (TPSA) is 30.5 Å². The normalized spacial score (nSPS) is 19.7. The molecule has 1 heterocycles. The summed E-state index contributed by atoms with van der Waals surface area (Å²) in [6.45, 7) is 1.71. The van der Waals surface area contributed by atoms with Crippen LogP contribution >= 0.6 is 28.3 Å². The predicted molar refractivity (Wildman–Crippen MR) is 69.6 cm³/mol. The first-order valence-electron chi connectivity index (χ1n) is 5.31. The lowest BCUT2D eigenvalue weighted by Gasteiger charge is -2.24. The molecule has 0 aromatic heterocycles. The molecule has 0 aliphatic carbocycles. The maximum atomic E-state index is 12.2. The van der Waals surface area contributed by atoms with E-state index in [-0.39, 0.29) is 24.2 Å². The maximum absolute atomic E-state index is 12.2. The summed E-state index contributed by atoms with van der Waals surface area (Å²) in [5.74, 6) is -0.237. The second-order valence-corrected chi connectivity index (χ2v) is 4.77. The summed E-state index contributed by atoms with van der Waals surface area (Å²) in [4.78, 5) is 0. The van der Waals surface area contributed by atoms with Crippen molar-refractivity contribution in [2.75, 3.05) is 19.8 Å². The molecule has 0 saturated carbocycles. The molecule has 1 aliphatic rings. The van der Waals surface area contributed by atoms with Crippen molar-refractivity contribution < 1.29 is 22.6 Å². The van der Waals surface area contributed by atoms with Gasteiger partial charge in [0.25, 0.3) is 0 Å². The van der Waals surface area contributed by atoms with Gasteiger partial charge in [0, 0.05) is 11.0 Å². The van der Waals surface area contributed by atoms with Crippen LogP contribution in [0.3, 0.4) is 0 Å². The number of alkyl halides is 3. The highest BCUT2D eigenvalue weighted by Gasteiger charge is 2.31. The van der Waals surface area contributed by atoms with Gasteiger partial charge in [0.05, 0.1) is 19.3 Å². The largest absolute Gasteiger partial charge is 0.573 e. The van der Waals surface area contributed by atoms with Gasteiger partial charge in [-0.25, -0.2) is 0 Å². The van der Waals surface area contributed by atoms with Gasteiger partial charge in [-0.05, 0) is 23.8 Å². The van der Waals surface area contributed by atoms with E-state index >= 15 is 0 Å². The highest BCUT2D eigenvalue weighted by Crippen LogP contribution is 2.30. The van der Waals surface area contributed by atoms with Crippen molar-refractivity contribution in [3.63, 3.8) is 0 Å². The van der Waals surface area contributed by atoms with E-state index in [1.54, 1.807) is 6.07 Å². The predicted octanol–water partition coefficient (Wildman–Crippen LogP) is 3.43. The fraction of sp³-hybridized carbons (Fsp3) is 0.455. The second-order valence-electron chi connectivity index (χ2n) is 3.85. The first kappa shape index (κ1) is 16.6. The van der Waals surface area contributed by atoms with Crippen molar-refractivity contribution >= 4 is 28.3 Å². The zero-order valence-corrected chi connectivity index (χ0v) is 12.1. The molecule has 0 bridgehead atoms. The molecule has 2 rings (SSSR count). The molecule has 1 aliphatic heterocycles. The average molecular weight is 363 g/mol. The van der Waals surface area contributed by atoms with E-state index in [0.717, 1.165) is 0 Å². The monoisotopic (exact) mass is 361 g/mol. The number of morpholine rings is 1. The Hall–Kier alpha value is -0.500. The summed E-state index contributed by atoms with van der Waals surface area (Å²) in [5.41, 5.74) is 0.698. The van der Waals surface area contributed by atoms with Crippen LogP contribution in [0, 0.1) is 0 Å². The highest BCUT2D eigenvalue weighted by atomic mass is 79.9. The second kappa shape index (κ2) is 6.78. The number of halogens is 5. The van der Waals surface area contributed by atoms with Crippen LogP contribution in [-0.4, -0.2) is 26.1 Å². The minimum absolute atomic E-state index is 0. The van der Waals surface area contributed by atoms with E-state index in [4.69, 9.17) is 4.74 Å². The Bertz CT molecular complexity index is 425. The van der Waals surface area contributed by atoms with Crippen molar-refractivity contribution in [1.29, 1.82) is 0 Å². The minimum Gasteiger partial charge on any atom is -0.406 e. The van der Waals surface area contributed by atoms with E-state index in [0.29, 0.717) is 29.8 Å². The van der Waals surface area contributed by atoms with E-state index in [1.165, 1.54) is 12.1 Å². The van der Waals surface area contributed by atoms with Gasteiger partial charge >= 0.3 is 6.36 Å². The van der Waals surface area contributed by atoms with E-state index in [9.17, 15) is 13.2 Å². The van der Waals surface area contributed by atoms with Gasteiger partial charge in [0.2, 0.25) is 0 Å². The number of hydrogen-bond donors (Lipinski definition) is 1. The molecule has 1 atom stereocenters. The third-order valence-electron chi connectivity index (χ3n) is 2.45. The summed E-state index contributed by atoms with van der Waals surface area (Å²) in [6, 6.07) is 4.27. The van der Waals surface area contributed by atoms with Gasteiger partial charge in [-0.3, -0.25) is 0 Å². The summed E-state index contributed by atoms with van der Waals surface area (Å²) >= 11 is 3.17. The molecule has 1 saturated heterocycles. The van der Waals surface area contributed by atoms with Crippen LogP contribution in [0.4, 0.5) is 13.2 Å². The standard InChI is InChI=1S/C11H11BrF3NO2.ClH/c12-8-3-7(10-6-17-2-1-16-10)4-9(5-8)18-11(13,14)15;/h3-5,10,16H,1-2,6H2;1H/t10-;/m0./s1. The Labute approximate surface area is 123 Å². The number of nitrogens with one attached hydrogen (secondary N) is 1. The molecule has 1 aromatic carbocycles. The van der Waals surface area contributed by atoms with Crippen molar-refractivity contribution in [3.8, 4) is 5.75 Å². The van der Waals surface area contributed by atoms with Gasteiger partial charge < -0.3 is 14.8 Å². The van der Waals surface area contributed by atoms with Gasteiger partial charge in [0.1, 0.15) is 5.75 Å². The number of rotatable bonds is 2. The van der Waals surface area contributed by atoms with E-state index < -0.39 is 6.36 Å². The summed E-state index contributed by atoms with van der Waals surface area (Å²) in [6.07, 6.45) is -4.69. The fourth-order valence-corrected chi connectivity index (χ4v) is 2.25. The van der Waals surface area contributed by atoms with Crippen LogP contribution < -0.4 is 10.1 Å². The van der Waals surface area contributed by atoms with Crippen LogP contribution in [0.1, 0.15) is 11.6 Å². The van der Waals surface area contributed by atoms with Crippen LogP contribution in [0.5, 0.6) is 5.75 Å². The Balaban J connectivity index is 0.00000180. The molecule has 1 fully saturated rings. The third-order valence-corrected chi connectivity index (χ3v) is 2.91. The van der Waals surface area contributed by atoms with Crippen LogP contribution in [-0.2, 0) is 4.74 Å². The zero-order valence-electron chi connectivity index (χ0n) is 9.67. The summed E-state index contributed by atoms with van der Waals surface area (Å²) < 4.78 is 46.2. The van der Waals surface area contributed by atoms with E-state index in [1.807, 2.05) is 0 Å². The first-order chi connectivity index (χ1) is 8.44. The van der Waals surface area contributed by atoms with Crippen molar-refractivity contribution in [3.05, 3.63) is 28.2 Å². The minimum atomic E-state index is -4.69. The summed E-state index contributed by atoms with van der Waals surface area (Å²) in [5, 5.41) is 3.17. The molecule has 1 N–H and O–H groups in total. The molecule has 8 heteroatoms. The number of ether oxygens (including phenoxy) is 2. The molecule has 1 aromatic rings. The number of hydrogen-bond acceptors (Lipinski definition) is 3. The molecule has 0 unspecified atom stereocenters. The molecule has 0 amide bonds. The Morgan fingerprint density at radius 2 is 2.05 bits per heavy atom. The zero-order chi connectivity index (χ0) is 13.2. The first-order valence-corrected chi connectivity index (χ1v) is 6.11. The summed E-state index contributed by atoms with van der Waals surface area (Å²) in [7, 11) is 0. The van der Waals surface area contributed by atoms with E-state index in [2.05, 4.69) is 26.0 Å². The molecule has 19 heavy (non-hydrogen) atoms. The molecular formula is C11H12BrClF3NO2. The lowest BCUT2D eigenvalue weighted by Crippen LogP contribution is -2.34. The Kier molecular flexibility index (Phi) is 5.91. The lowest BCUT2D eigenvalue weighted by molar-refractivity contribution is -0.274. The van der Waals surface area contributed by atoms with Gasteiger partial charge in [0.15, 0.2) is 0 Å². The maximum Gasteiger partial charge on any atom is 0.573 e. The van der Waals surface area contributed by atoms with Gasteiger partial charge in [-0.2, -0.15) is 0 Å². The van der Waals surface area contributed by atoms with Crippen molar-refractivity contribution in [2.45, 2.75) is 12.4 Å². The lowest BCUT2D eigenvalue weighted by atomic mass is 10.1. The van der Waals surface area contributed by atoms with Gasteiger partial charge in [-0.1, -0.05) is 15.9 Å². The van der Waals surface area contributed by atoms with Crippen molar-refractivity contribution in [1.82, 2.24) is 5.32 Å². The smallest absolute Gasteiger partial charge is 0.406 e. The SMILES string of the molecule is Cl.FC(F)(F)Oc1cc(Br)cc([C@@H]2COCCN2)c1. The average Bonchev–Trinajstić information content (AvgIpc) is 2.27. The van der Waals surface area contributed by atoms with Gasteiger partial charge in [-0.15, -0.1) is 25.6 Å². The molecule has 3 nitrogen and oxygen atoms in total. The van der Waals surface area contributed by atoms with Crippen molar-refractivity contribution in [2.24, 2.45) is 0 Å². The van der Waals surface area contributed by atoms with Crippen LogP contribution in [0.25, 0.3) is 0 Å².